The second-order valence-electron chi connectivity index (χ2n) is 6.63. The van der Waals surface area contributed by atoms with E-state index in [0.29, 0.717) is 6.42 Å². The van der Waals surface area contributed by atoms with Crippen molar-refractivity contribution in [2.45, 2.75) is 38.2 Å². The third kappa shape index (κ3) is 4.62. The number of nitrogens with two attached hydrogens (primary N) is 1. The molecule has 1 saturated heterocycles. The van der Waals surface area contributed by atoms with Gasteiger partial charge in [-0.3, -0.25) is 0 Å². The Morgan fingerprint density at radius 2 is 1.88 bits per heavy atom. The summed E-state index contributed by atoms with van der Waals surface area (Å²) in [6.45, 7) is 4.18. The minimum atomic E-state index is -4.57. The second kappa shape index (κ2) is 7.19. The molecule has 1 fully saturated rings. The van der Waals surface area contributed by atoms with Crippen LogP contribution < -0.4 is 5.73 Å². The van der Waals surface area contributed by atoms with Gasteiger partial charge in [-0.05, 0) is 23.5 Å². The van der Waals surface area contributed by atoms with Gasteiger partial charge in [0.1, 0.15) is 0 Å². The van der Waals surface area contributed by atoms with Crippen molar-refractivity contribution in [2.24, 2.45) is 11.1 Å². The molecule has 138 valence electrons. The van der Waals surface area contributed by atoms with E-state index in [4.69, 9.17) is 5.73 Å². The molecule has 1 unspecified atom stereocenters. The van der Waals surface area contributed by atoms with Crippen molar-refractivity contribution in [3.05, 3.63) is 35.4 Å². The third-order valence-corrected chi connectivity index (χ3v) is 6.11. The molecule has 2 N–H and O–H groups in total. The highest BCUT2D eigenvalue weighted by molar-refractivity contribution is 7.88. The summed E-state index contributed by atoms with van der Waals surface area (Å²) in [7, 11) is -3.84. The predicted molar refractivity (Wildman–Crippen MR) is 89.3 cm³/mol. The van der Waals surface area contributed by atoms with Crippen molar-refractivity contribution in [3.63, 3.8) is 0 Å². The standard InChI is InChI=1S/C15H21F3N2O2S.ClH/c1-14(2)10-20(8-7-13(14)19)23(21,22)9-11-5-3-4-6-12(11)15(16,17)18;/h3-6,13H,7-10,19H2,1-2H3;1H. The van der Waals surface area contributed by atoms with Crippen LogP contribution in [0, 0.1) is 5.41 Å². The van der Waals surface area contributed by atoms with Crippen LogP contribution in [0.4, 0.5) is 13.2 Å². The lowest BCUT2D eigenvalue weighted by Gasteiger charge is -2.41. The number of benzene rings is 1. The molecule has 0 amide bonds. The van der Waals surface area contributed by atoms with Crippen LogP contribution in [0.5, 0.6) is 0 Å². The van der Waals surface area contributed by atoms with Crippen LogP contribution >= 0.6 is 12.4 Å². The van der Waals surface area contributed by atoms with E-state index in [2.05, 4.69) is 0 Å². The minimum absolute atomic E-state index is 0. The highest BCUT2D eigenvalue weighted by atomic mass is 35.5. The number of piperidine rings is 1. The molecule has 1 aromatic rings. The zero-order chi connectivity index (χ0) is 17.5. The van der Waals surface area contributed by atoms with Gasteiger partial charge in [-0.1, -0.05) is 32.0 Å². The van der Waals surface area contributed by atoms with E-state index in [1.54, 1.807) is 0 Å². The van der Waals surface area contributed by atoms with Crippen LogP contribution in [0.25, 0.3) is 0 Å². The van der Waals surface area contributed by atoms with Gasteiger partial charge in [0.05, 0.1) is 11.3 Å². The van der Waals surface area contributed by atoms with Crippen molar-refractivity contribution < 1.29 is 21.6 Å². The molecule has 0 bridgehead atoms. The number of rotatable bonds is 3. The third-order valence-electron chi connectivity index (χ3n) is 4.33. The van der Waals surface area contributed by atoms with Gasteiger partial charge >= 0.3 is 6.18 Å². The van der Waals surface area contributed by atoms with Crippen LogP contribution in [-0.4, -0.2) is 31.9 Å². The Hall–Kier alpha value is -0.830. The Balaban J connectivity index is 0.00000288. The van der Waals surface area contributed by atoms with Crippen molar-refractivity contribution >= 4 is 22.4 Å². The number of hydrogen-bond donors (Lipinski definition) is 1. The van der Waals surface area contributed by atoms with Crippen LogP contribution in [0.3, 0.4) is 0 Å². The van der Waals surface area contributed by atoms with Gasteiger partial charge in [0, 0.05) is 19.1 Å². The Bertz CT molecular complexity index is 678. The number of alkyl halides is 3. The maximum absolute atomic E-state index is 13.0. The first-order chi connectivity index (χ1) is 10.4. The Labute approximate surface area is 146 Å². The quantitative estimate of drug-likeness (QED) is 0.868. The first-order valence-corrected chi connectivity index (χ1v) is 8.93. The average molecular weight is 387 g/mol. The Morgan fingerprint density at radius 1 is 1.29 bits per heavy atom. The number of sulfonamides is 1. The van der Waals surface area contributed by atoms with Crippen molar-refractivity contribution in [2.75, 3.05) is 13.1 Å². The molecule has 0 radical (unpaired) electrons. The summed E-state index contributed by atoms with van der Waals surface area (Å²) in [5, 5.41) is 0. The zero-order valence-corrected chi connectivity index (χ0v) is 15.1. The molecule has 1 heterocycles. The van der Waals surface area contributed by atoms with Gasteiger partial charge in [-0.25, -0.2) is 12.7 Å². The van der Waals surface area contributed by atoms with Gasteiger partial charge in [-0.2, -0.15) is 13.2 Å². The lowest BCUT2D eigenvalue weighted by atomic mass is 9.81. The van der Waals surface area contributed by atoms with Gasteiger partial charge in [0.2, 0.25) is 10.0 Å². The Morgan fingerprint density at radius 3 is 2.42 bits per heavy atom. The molecule has 1 atom stereocenters. The molecule has 9 heteroatoms. The molecule has 1 aliphatic heterocycles. The van der Waals surface area contributed by atoms with E-state index in [1.165, 1.54) is 22.5 Å². The van der Waals surface area contributed by atoms with E-state index < -0.39 is 32.9 Å². The molecule has 0 aromatic heterocycles. The molecule has 0 saturated carbocycles. The van der Waals surface area contributed by atoms with Crippen LogP contribution in [0.2, 0.25) is 0 Å². The summed E-state index contributed by atoms with van der Waals surface area (Å²) in [6, 6.07) is 4.65. The zero-order valence-electron chi connectivity index (χ0n) is 13.5. The van der Waals surface area contributed by atoms with Gasteiger partial charge < -0.3 is 5.73 Å². The van der Waals surface area contributed by atoms with E-state index in [9.17, 15) is 21.6 Å². The van der Waals surface area contributed by atoms with Gasteiger partial charge in [-0.15, -0.1) is 12.4 Å². The molecule has 4 nitrogen and oxygen atoms in total. The molecule has 1 aromatic carbocycles. The van der Waals surface area contributed by atoms with Crippen LogP contribution in [0.15, 0.2) is 24.3 Å². The summed E-state index contributed by atoms with van der Waals surface area (Å²) >= 11 is 0. The van der Waals surface area contributed by atoms with Gasteiger partial charge in [0.15, 0.2) is 0 Å². The van der Waals surface area contributed by atoms with Crippen molar-refractivity contribution in [1.82, 2.24) is 4.31 Å². The molecular weight excluding hydrogens is 365 g/mol. The second-order valence-corrected chi connectivity index (χ2v) is 8.60. The maximum atomic E-state index is 13.0. The van der Waals surface area contributed by atoms with Crippen LogP contribution in [-0.2, 0) is 22.0 Å². The summed E-state index contributed by atoms with van der Waals surface area (Å²) in [5.41, 5.74) is 4.44. The molecule has 0 aliphatic carbocycles. The van der Waals surface area contributed by atoms with E-state index in [1.807, 2.05) is 13.8 Å². The largest absolute Gasteiger partial charge is 0.416 e. The fourth-order valence-electron chi connectivity index (χ4n) is 2.77. The highest BCUT2D eigenvalue weighted by Crippen LogP contribution is 2.34. The molecular formula is C15H22ClF3N2O2S. The lowest BCUT2D eigenvalue weighted by Crippen LogP contribution is -2.54. The molecule has 24 heavy (non-hydrogen) atoms. The fourth-order valence-corrected chi connectivity index (χ4v) is 4.51. The minimum Gasteiger partial charge on any atom is -0.327 e. The number of hydrogen-bond acceptors (Lipinski definition) is 3. The molecule has 2 rings (SSSR count). The summed E-state index contributed by atoms with van der Waals surface area (Å²) in [4.78, 5) is 0. The smallest absolute Gasteiger partial charge is 0.327 e. The summed E-state index contributed by atoms with van der Waals surface area (Å²) in [5.74, 6) is -0.659. The monoisotopic (exact) mass is 386 g/mol. The van der Waals surface area contributed by atoms with Gasteiger partial charge in [0.25, 0.3) is 0 Å². The predicted octanol–water partition coefficient (Wildman–Crippen LogP) is 3.02. The summed E-state index contributed by atoms with van der Waals surface area (Å²) in [6.07, 6.45) is -4.08. The number of halogens is 4. The van der Waals surface area contributed by atoms with E-state index in [-0.39, 0.29) is 37.1 Å². The topological polar surface area (TPSA) is 63.4 Å². The first kappa shape index (κ1) is 21.2. The van der Waals surface area contributed by atoms with E-state index >= 15 is 0 Å². The first-order valence-electron chi connectivity index (χ1n) is 7.32. The molecule has 0 spiro atoms. The molecule has 1 aliphatic rings. The maximum Gasteiger partial charge on any atom is 0.416 e. The average Bonchev–Trinajstić information content (AvgIpc) is 2.40. The Kier molecular flexibility index (Phi) is 6.36. The fraction of sp³-hybridized carbons (Fsp3) is 0.600. The van der Waals surface area contributed by atoms with E-state index in [0.717, 1.165) is 6.07 Å². The SMILES string of the molecule is CC1(C)CN(S(=O)(=O)Cc2ccccc2C(F)(F)F)CCC1N.Cl. The lowest BCUT2D eigenvalue weighted by molar-refractivity contribution is -0.138. The van der Waals surface area contributed by atoms with Crippen LogP contribution in [0.1, 0.15) is 31.4 Å². The highest BCUT2D eigenvalue weighted by Gasteiger charge is 2.39. The summed E-state index contributed by atoms with van der Waals surface area (Å²) < 4.78 is 65.4. The van der Waals surface area contributed by atoms with Crippen molar-refractivity contribution in [1.29, 1.82) is 0 Å². The number of nitrogens with zero attached hydrogens (tertiary/aromatic N) is 1. The normalized spacial score (nSPS) is 22.0. The van der Waals surface area contributed by atoms with Crippen molar-refractivity contribution in [3.8, 4) is 0 Å².